The van der Waals surface area contributed by atoms with E-state index >= 15 is 0 Å². The van der Waals surface area contributed by atoms with E-state index in [0.29, 0.717) is 27.2 Å². The molecule has 0 amide bonds. The van der Waals surface area contributed by atoms with Gasteiger partial charge in [-0.05, 0) is 51.2 Å². The Hall–Kier alpha value is -2.13. The second kappa shape index (κ2) is 7.69. The lowest BCUT2D eigenvalue weighted by Gasteiger charge is -2.70. The summed E-state index contributed by atoms with van der Waals surface area (Å²) in [5.74, 6) is 0.983. The lowest BCUT2D eigenvalue weighted by molar-refractivity contribution is -0.217. The normalized spacial score (nSPS) is 34.5. The number of methoxy groups -OCH3 is 1. The van der Waals surface area contributed by atoms with Gasteiger partial charge < -0.3 is 20.1 Å². The smallest absolute Gasteiger partial charge is 0.227 e. The molecule has 5 fully saturated rings. The highest BCUT2D eigenvalue weighted by atomic mass is 35.5. The van der Waals surface area contributed by atoms with E-state index in [1.807, 2.05) is 23.7 Å². The van der Waals surface area contributed by atoms with Crippen molar-refractivity contribution in [2.24, 2.45) is 17.3 Å². The van der Waals surface area contributed by atoms with E-state index in [0.717, 1.165) is 68.4 Å². The summed E-state index contributed by atoms with van der Waals surface area (Å²) >= 11 is 13.4. The van der Waals surface area contributed by atoms with Gasteiger partial charge in [0.15, 0.2) is 5.15 Å². The first-order valence-electron chi connectivity index (χ1n) is 12.7. The molecule has 1 saturated heterocycles. The summed E-state index contributed by atoms with van der Waals surface area (Å²) < 4.78 is 7.33. The summed E-state index contributed by atoms with van der Waals surface area (Å²) in [6, 6.07) is 3.96. The highest BCUT2D eigenvalue weighted by molar-refractivity contribution is 6.34. The molecule has 2 aromatic heterocycles. The number of hydrogen-bond acceptors (Lipinski definition) is 7. The number of nitrogens with one attached hydrogen (secondary N) is 1. The Morgan fingerprint density at radius 3 is 2.56 bits per heavy atom. The molecule has 3 atom stereocenters. The van der Waals surface area contributed by atoms with Crippen molar-refractivity contribution in [3.63, 3.8) is 0 Å². The van der Waals surface area contributed by atoms with Gasteiger partial charge in [0, 0.05) is 49.0 Å². The fourth-order valence-corrected chi connectivity index (χ4v) is 8.12. The zero-order chi connectivity index (χ0) is 24.9. The molecular formula is C26H30Cl2N6O2. The quantitative estimate of drug-likeness (QED) is 0.465. The van der Waals surface area contributed by atoms with E-state index in [9.17, 15) is 5.11 Å². The molecule has 5 aliphatic rings. The minimum Gasteiger partial charge on any atom is -0.389 e. The van der Waals surface area contributed by atoms with Crippen LogP contribution in [0, 0.1) is 17.3 Å². The number of nitrogens with zero attached hydrogens (tertiary/aromatic N) is 5. The Morgan fingerprint density at radius 2 is 1.86 bits per heavy atom. The number of halogens is 2. The Kier molecular flexibility index (Phi) is 4.92. The van der Waals surface area contributed by atoms with Crippen LogP contribution >= 0.6 is 23.2 Å². The number of ether oxygens (including phenoxy) is 1. The molecule has 0 radical (unpaired) electrons. The van der Waals surface area contributed by atoms with Gasteiger partial charge >= 0.3 is 0 Å². The third kappa shape index (κ3) is 3.24. The van der Waals surface area contributed by atoms with Crippen LogP contribution in [0.2, 0.25) is 10.2 Å². The van der Waals surface area contributed by atoms with Gasteiger partial charge in [-0.15, -0.1) is 0 Å². The molecule has 1 aromatic carbocycles. The van der Waals surface area contributed by atoms with Crippen LogP contribution in [0.25, 0.3) is 10.9 Å². The molecule has 0 spiro atoms. The minimum absolute atomic E-state index is 0.0178. The maximum Gasteiger partial charge on any atom is 0.227 e. The van der Waals surface area contributed by atoms with E-state index in [-0.39, 0.29) is 17.4 Å². The van der Waals surface area contributed by atoms with Crippen molar-refractivity contribution in [2.75, 3.05) is 37.0 Å². The van der Waals surface area contributed by atoms with E-state index in [1.165, 1.54) is 0 Å². The Labute approximate surface area is 219 Å². The second-order valence-electron chi connectivity index (χ2n) is 11.7. The van der Waals surface area contributed by atoms with Gasteiger partial charge in [-0.3, -0.25) is 0 Å². The maximum atomic E-state index is 10.9. The zero-order valence-corrected chi connectivity index (χ0v) is 22.0. The number of fused-ring (bicyclic) bond motifs is 3. The van der Waals surface area contributed by atoms with Crippen LogP contribution in [-0.2, 0) is 10.3 Å². The van der Waals surface area contributed by atoms with Crippen LogP contribution in [0.4, 0.5) is 17.3 Å². The van der Waals surface area contributed by atoms with E-state index in [2.05, 4.69) is 20.3 Å². The molecule has 4 saturated carbocycles. The van der Waals surface area contributed by atoms with Crippen molar-refractivity contribution in [1.29, 1.82) is 0 Å². The molecule has 1 aliphatic heterocycles. The van der Waals surface area contributed by atoms with Gasteiger partial charge in [-0.25, -0.2) is 14.6 Å². The number of piperidine rings is 1. The molecule has 190 valence electrons. The van der Waals surface area contributed by atoms with Crippen molar-refractivity contribution in [1.82, 2.24) is 19.7 Å². The number of anilines is 3. The Morgan fingerprint density at radius 1 is 1.14 bits per heavy atom. The van der Waals surface area contributed by atoms with Crippen molar-refractivity contribution >= 4 is 51.4 Å². The molecule has 1 unspecified atom stereocenters. The van der Waals surface area contributed by atoms with Gasteiger partial charge in [-0.1, -0.05) is 23.2 Å². The SMILES string of the molecule is COCC12CC(n3ncc(Nc4ncc5cc(Cl)c(N6C[C@H]7CC[C@@H](C6)C7(C)O)cc5n4)c3Cl)(C1)C2. The Balaban J connectivity index is 1.13. The van der Waals surface area contributed by atoms with Crippen LogP contribution in [0.15, 0.2) is 24.5 Å². The fourth-order valence-electron chi connectivity index (χ4n) is 7.51. The number of rotatable bonds is 6. The fraction of sp³-hybridized carbons (Fsp3) is 0.577. The predicted octanol–water partition coefficient (Wildman–Crippen LogP) is 5.00. The summed E-state index contributed by atoms with van der Waals surface area (Å²) in [6.45, 7) is 4.38. The lowest BCUT2D eigenvalue weighted by Crippen LogP contribution is -2.69. The standard InChI is InChI=1S/C26H30Cl2N6O2/c1-24(35)16-3-4-17(24)10-33(9-16)21-6-19-15(5-18(21)27)7-29-23(31-19)32-20-8-30-34(22(20)28)26-11-25(12-26,13-26)14-36-2/h5-8,16-17,35H,3-4,9-14H2,1-2H3,(H,29,31,32)/t16-,17+,24?,25?,26?. The summed E-state index contributed by atoms with van der Waals surface area (Å²) in [6.07, 6.45) is 8.80. The van der Waals surface area contributed by atoms with Crippen LogP contribution < -0.4 is 10.2 Å². The third-order valence-corrected chi connectivity index (χ3v) is 10.0. The van der Waals surface area contributed by atoms with E-state index < -0.39 is 5.60 Å². The third-order valence-electron chi connectivity index (χ3n) is 9.36. The van der Waals surface area contributed by atoms with Gasteiger partial charge in [-0.2, -0.15) is 5.10 Å². The van der Waals surface area contributed by atoms with E-state index in [4.69, 9.17) is 32.9 Å². The molecule has 36 heavy (non-hydrogen) atoms. The van der Waals surface area contributed by atoms with Crippen LogP contribution in [0.1, 0.15) is 39.0 Å². The van der Waals surface area contributed by atoms with Gasteiger partial charge in [0.1, 0.15) is 0 Å². The monoisotopic (exact) mass is 528 g/mol. The van der Waals surface area contributed by atoms with Crippen molar-refractivity contribution in [2.45, 2.75) is 50.2 Å². The first-order chi connectivity index (χ1) is 17.2. The van der Waals surface area contributed by atoms with Crippen LogP contribution in [-0.4, -0.2) is 57.3 Å². The first kappa shape index (κ1) is 23.0. The zero-order valence-electron chi connectivity index (χ0n) is 20.5. The van der Waals surface area contributed by atoms with Crippen LogP contribution in [0.5, 0.6) is 0 Å². The number of aliphatic hydroxyl groups is 1. The van der Waals surface area contributed by atoms with Gasteiger partial charge in [0.05, 0.1) is 45.9 Å². The number of aromatic nitrogens is 4. The Bertz CT molecular complexity index is 1340. The van der Waals surface area contributed by atoms with Crippen LogP contribution in [0.3, 0.4) is 0 Å². The number of hydrogen-bond donors (Lipinski definition) is 2. The molecule has 8 rings (SSSR count). The van der Waals surface area contributed by atoms with Crippen molar-refractivity contribution < 1.29 is 9.84 Å². The van der Waals surface area contributed by atoms with Gasteiger partial charge in [0.25, 0.3) is 0 Å². The molecule has 4 bridgehead atoms. The molecule has 3 heterocycles. The highest BCUT2D eigenvalue weighted by Crippen LogP contribution is 2.71. The minimum atomic E-state index is -0.591. The molecule has 3 aromatic rings. The first-order valence-corrected chi connectivity index (χ1v) is 13.4. The summed E-state index contributed by atoms with van der Waals surface area (Å²) in [4.78, 5) is 11.6. The maximum absolute atomic E-state index is 10.9. The average Bonchev–Trinajstić information content (AvgIpc) is 3.16. The predicted molar refractivity (Wildman–Crippen MR) is 140 cm³/mol. The molecule has 10 heteroatoms. The highest BCUT2D eigenvalue weighted by Gasteiger charge is 2.69. The second-order valence-corrected chi connectivity index (χ2v) is 12.5. The summed E-state index contributed by atoms with van der Waals surface area (Å²) in [7, 11) is 1.76. The lowest BCUT2D eigenvalue weighted by atomic mass is 9.39. The number of benzene rings is 1. The molecule has 4 aliphatic carbocycles. The summed E-state index contributed by atoms with van der Waals surface area (Å²) in [5.41, 5.74) is 2.20. The molecule has 8 nitrogen and oxygen atoms in total. The van der Waals surface area contributed by atoms with E-state index in [1.54, 1.807) is 19.5 Å². The van der Waals surface area contributed by atoms with Crippen molar-refractivity contribution in [3.8, 4) is 0 Å². The molecular weight excluding hydrogens is 499 g/mol. The molecule has 2 N–H and O–H groups in total. The average molecular weight is 529 g/mol. The van der Waals surface area contributed by atoms with Crippen molar-refractivity contribution in [3.05, 3.63) is 34.7 Å². The largest absolute Gasteiger partial charge is 0.389 e. The summed E-state index contributed by atoms with van der Waals surface area (Å²) in [5, 5.41) is 20.9. The topological polar surface area (TPSA) is 88.3 Å². The van der Waals surface area contributed by atoms with Gasteiger partial charge in [0.2, 0.25) is 5.95 Å².